The van der Waals surface area contributed by atoms with Gasteiger partial charge in [0.25, 0.3) is 0 Å². The number of primary sulfonamides is 1. The Morgan fingerprint density at radius 3 is 2.25 bits per heavy atom. The van der Waals surface area contributed by atoms with Gasteiger partial charge >= 0.3 is 0 Å². The van der Waals surface area contributed by atoms with Crippen molar-refractivity contribution in [2.75, 3.05) is 29.5 Å². The number of nitrogens with two attached hydrogens (primary N) is 1. The highest BCUT2D eigenvalue weighted by Gasteiger charge is 2.09. The standard InChI is InChI=1S/C12H23N5O2S/c1-3-6-14-11-10(4-2)12(17-9-16-11)15-7-5-8-20(13,18)19/h9H,3-8H2,1-2H3,(H2,13,18,19)(H2,14,15,16,17). The predicted octanol–water partition coefficient (Wildman–Crippen LogP) is 0.951. The van der Waals surface area contributed by atoms with Crippen molar-refractivity contribution in [3.8, 4) is 0 Å². The van der Waals surface area contributed by atoms with Crippen molar-refractivity contribution in [3.63, 3.8) is 0 Å². The van der Waals surface area contributed by atoms with Gasteiger partial charge in [-0.1, -0.05) is 13.8 Å². The summed E-state index contributed by atoms with van der Waals surface area (Å²) in [6, 6.07) is 0. The number of nitrogens with zero attached hydrogens (tertiary/aromatic N) is 2. The number of nitrogens with one attached hydrogen (secondary N) is 2. The van der Waals surface area contributed by atoms with Gasteiger partial charge in [-0.15, -0.1) is 0 Å². The monoisotopic (exact) mass is 301 g/mol. The first-order chi connectivity index (χ1) is 9.48. The molecule has 0 radical (unpaired) electrons. The Hall–Kier alpha value is -1.41. The zero-order valence-corrected chi connectivity index (χ0v) is 12.8. The fourth-order valence-corrected chi connectivity index (χ4v) is 2.32. The van der Waals surface area contributed by atoms with Gasteiger partial charge in [-0.3, -0.25) is 0 Å². The van der Waals surface area contributed by atoms with E-state index < -0.39 is 10.0 Å². The van der Waals surface area contributed by atoms with E-state index >= 15 is 0 Å². The molecule has 0 amide bonds. The zero-order chi connectivity index (χ0) is 15.0. The normalized spacial score (nSPS) is 11.3. The van der Waals surface area contributed by atoms with Crippen molar-refractivity contribution in [1.29, 1.82) is 0 Å². The molecule has 0 aliphatic heterocycles. The molecule has 0 bridgehead atoms. The molecule has 0 fully saturated rings. The van der Waals surface area contributed by atoms with Crippen LogP contribution in [0.15, 0.2) is 6.33 Å². The van der Waals surface area contributed by atoms with E-state index in [1.807, 2.05) is 6.92 Å². The van der Waals surface area contributed by atoms with Crippen LogP contribution in [0.3, 0.4) is 0 Å². The second kappa shape index (κ2) is 8.01. The fourth-order valence-electron chi connectivity index (χ4n) is 1.78. The summed E-state index contributed by atoms with van der Waals surface area (Å²) >= 11 is 0. The van der Waals surface area contributed by atoms with E-state index in [4.69, 9.17) is 5.14 Å². The van der Waals surface area contributed by atoms with Crippen LogP contribution in [-0.4, -0.2) is 37.2 Å². The summed E-state index contributed by atoms with van der Waals surface area (Å²) in [6.45, 7) is 5.49. The van der Waals surface area contributed by atoms with Gasteiger partial charge in [0.1, 0.15) is 18.0 Å². The van der Waals surface area contributed by atoms with Gasteiger partial charge in [-0.2, -0.15) is 0 Å². The third-order valence-electron chi connectivity index (χ3n) is 2.74. The zero-order valence-electron chi connectivity index (χ0n) is 12.0. The number of sulfonamides is 1. The van der Waals surface area contributed by atoms with E-state index in [0.717, 1.165) is 36.6 Å². The summed E-state index contributed by atoms with van der Waals surface area (Å²) in [5, 5.41) is 11.4. The van der Waals surface area contributed by atoms with E-state index in [0.29, 0.717) is 13.0 Å². The molecular weight excluding hydrogens is 278 g/mol. The summed E-state index contributed by atoms with van der Waals surface area (Å²) in [5.74, 6) is 1.54. The Bertz CT molecular complexity index is 519. The molecule has 4 N–H and O–H groups in total. The van der Waals surface area contributed by atoms with Crippen LogP contribution in [0.1, 0.15) is 32.3 Å². The quantitative estimate of drug-likeness (QED) is 0.586. The Morgan fingerprint density at radius 2 is 1.75 bits per heavy atom. The van der Waals surface area contributed by atoms with Crippen LogP contribution in [0.2, 0.25) is 0 Å². The number of anilines is 2. The molecule has 8 heteroatoms. The van der Waals surface area contributed by atoms with Gasteiger partial charge in [-0.05, 0) is 19.3 Å². The molecule has 1 aromatic rings. The second-order valence-electron chi connectivity index (χ2n) is 4.48. The van der Waals surface area contributed by atoms with E-state index in [-0.39, 0.29) is 5.75 Å². The summed E-state index contributed by atoms with van der Waals surface area (Å²) < 4.78 is 21.7. The maximum absolute atomic E-state index is 10.9. The Morgan fingerprint density at radius 1 is 1.15 bits per heavy atom. The first-order valence-corrected chi connectivity index (χ1v) is 8.51. The molecule has 20 heavy (non-hydrogen) atoms. The molecule has 0 atom stereocenters. The third-order valence-corrected chi connectivity index (χ3v) is 3.60. The predicted molar refractivity (Wildman–Crippen MR) is 81.3 cm³/mol. The summed E-state index contributed by atoms with van der Waals surface area (Å²) in [7, 11) is -3.40. The first kappa shape index (κ1) is 16.6. The lowest BCUT2D eigenvalue weighted by molar-refractivity contribution is 0.595. The van der Waals surface area contributed by atoms with Gasteiger partial charge < -0.3 is 10.6 Å². The minimum atomic E-state index is -3.40. The molecule has 0 unspecified atom stereocenters. The van der Waals surface area contributed by atoms with Crippen LogP contribution in [0.5, 0.6) is 0 Å². The van der Waals surface area contributed by atoms with Crippen LogP contribution < -0.4 is 15.8 Å². The molecule has 114 valence electrons. The van der Waals surface area contributed by atoms with Crippen molar-refractivity contribution in [3.05, 3.63) is 11.9 Å². The molecule has 7 nitrogen and oxygen atoms in total. The molecule has 0 aliphatic carbocycles. The minimum absolute atomic E-state index is 0.0342. The van der Waals surface area contributed by atoms with E-state index in [9.17, 15) is 8.42 Å². The van der Waals surface area contributed by atoms with Crippen molar-refractivity contribution < 1.29 is 8.42 Å². The molecular formula is C12H23N5O2S. The summed E-state index contributed by atoms with van der Waals surface area (Å²) in [6.07, 6.45) is 3.76. The highest BCUT2D eigenvalue weighted by atomic mass is 32.2. The van der Waals surface area contributed by atoms with Crippen molar-refractivity contribution in [2.24, 2.45) is 5.14 Å². The lowest BCUT2D eigenvalue weighted by atomic mass is 10.2. The largest absolute Gasteiger partial charge is 0.370 e. The van der Waals surface area contributed by atoms with Crippen LogP contribution in [-0.2, 0) is 16.4 Å². The maximum atomic E-state index is 10.9. The minimum Gasteiger partial charge on any atom is -0.370 e. The van der Waals surface area contributed by atoms with Gasteiger partial charge in [0.15, 0.2) is 0 Å². The lowest BCUT2D eigenvalue weighted by Crippen LogP contribution is -2.19. The van der Waals surface area contributed by atoms with Crippen LogP contribution in [0.4, 0.5) is 11.6 Å². The van der Waals surface area contributed by atoms with Gasteiger partial charge in [-0.25, -0.2) is 23.5 Å². The Balaban J connectivity index is 2.64. The lowest BCUT2D eigenvalue weighted by Gasteiger charge is -2.14. The van der Waals surface area contributed by atoms with E-state index in [1.54, 1.807) is 0 Å². The number of aromatic nitrogens is 2. The molecule has 0 aromatic carbocycles. The maximum Gasteiger partial charge on any atom is 0.209 e. The van der Waals surface area contributed by atoms with Gasteiger partial charge in [0.2, 0.25) is 10.0 Å². The molecule has 1 heterocycles. The average molecular weight is 301 g/mol. The van der Waals surface area contributed by atoms with Crippen LogP contribution >= 0.6 is 0 Å². The highest BCUT2D eigenvalue weighted by Crippen LogP contribution is 2.20. The molecule has 0 saturated heterocycles. The average Bonchev–Trinajstić information content (AvgIpc) is 2.40. The van der Waals surface area contributed by atoms with Crippen LogP contribution in [0.25, 0.3) is 0 Å². The Labute approximate surface area is 120 Å². The van der Waals surface area contributed by atoms with Crippen molar-refractivity contribution in [1.82, 2.24) is 9.97 Å². The number of hydrogen-bond donors (Lipinski definition) is 3. The smallest absolute Gasteiger partial charge is 0.209 e. The molecule has 0 saturated carbocycles. The van der Waals surface area contributed by atoms with Crippen LogP contribution in [0, 0.1) is 0 Å². The van der Waals surface area contributed by atoms with Crippen molar-refractivity contribution >= 4 is 21.7 Å². The fraction of sp³-hybridized carbons (Fsp3) is 0.667. The summed E-state index contributed by atoms with van der Waals surface area (Å²) in [5.41, 5.74) is 1.01. The van der Waals surface area contributed by atoms with Crippen molar-refractivity contribution in [2.45, 2.75) is 33.1 Å². The van der Waals surface area contributed by atoms with E-state index in [1.165, 1.54) is 6.33 Å². The van der Waals surface area contributed by atoms with Gasteiger partial charge in [0, 0.05) is 18.7 Å². The number of hydrogen-bond acceptors (Lipinski definition) is 6. The Kier molecular flexibility index (Phi) is 6.66. The molecule has 1 rings (SSSR count). The SMILES string of the molecule is CCCNc1ncnc(NCCCS(N)(=O)=O)c1CC. The van der Waals surface area contributed by atoms with E-state index in [2.05, 4.69) is 27.5 Å². The summed E-state index contributed by atoms with van der Waals surface area (Å²) in [4.78, 5) is 8.45. The molecule has 1 aromatic heterocycles. The molecule has 0 spiro atoms. The highest BCUT2D eigenvalue weighted by molar-refractivity contribution is 7.89. The molecule has 0 aliphatic rings. The topological polar surface area (TPSA) is 110 Å². The third kappa shape index (κ3) is 5.70. The second-order valence-corrected chi connectivity index (χ2v) is 6.21. The van der Waals surface area contributed by atoms with Gasteiger partial charge in [0.05, 0.1) is 5.75 Å². The first-order valence-electron chi connectivity index (χ1n) is 6.80. The number of rotatable bonds is 9.